The van der Waals surface area contributed by atoms with Crippen LogP contribution >= 0.6 is 0 Å². The fourth-order valence-electron chi connectivity index (χ4n) is 1.26. The number of nitrogens with one attached hydrogen (secondary N) is 2. The summed E-state index contributed by atoms with van der Waals surface area (Å²) in [6.07, 6.45) is -1.25. The Morgan fingerprint density at radius 1 is 1.31 bits per heavy atom. The summed E-state index contributed by atoms with van der Waals surface area (Å²) in [4.78, 5) is 21.2. The Kier molecular flexibility index (Phi) is 7.49. The molecule has 2 atom stereocenters. The predicted molar refractivity (Wildman–Crippen MR) is 58.6 cm³/mol. The van der Waals surface area contributed by atoms with Crippen molar-refractivity contribution in [3.63, 3.8) is 0 Å². The molecule has 16 heavy (non-hydrogen) atoms. The molecule has 6 nitrogen and oxygen atoms in total. The van der Waals surface area contributed by atoms with E-state index < -0.39 is 12.2 Å². The number of carbonyl (C=O) groups is 2. The van der Waals surface area contributed by atoms with Crippen LogP contribution in [0.25, 0.3) is 0 Å². The molecule has 0 rings (SSSR count). The maximum absolute atomic E-state index is 11.2. The largest absolute Gasteiger partial charge is 0.392 e. The van der Waals surface area contributed by atoms with E-state index in [1.54, 1.807) is 0 Å². The van der Waals surface area contributed by atoms with Gasteiger partial charge in [-0.15, -0.1) is 0 Å². The number of hydrogen-bond donors (Lipinski definition) is 4. The third-order valence-electron chi connectivity index (χ3n) is 1.85. The normalized spacial score (nSPS) is 14.3. The molecular formula is C10H20N2O4. The molecule has 0 heterocycles. The van der Waals surface area contributed by atoms with Gasteiger partial charge in [0.25, 0.3) is 0 Å². The zero-order valence-corrected chi connectivity index (χ0v) is 9.64. The van der Waals surface area contributed by atoms with E-state index in [2.05, 4.69) is 10.6 Å². The average molecular weight is 232 g/mol. The molecule has 0 fully saturated rings. The van der Waals surface area contributed by atoms with Crippen LogP contribution in [0.1, 0.15) is 26.7 Å². The smallest absolute Gasteiger partial charge is 0.222 e. The van der Waals surface area contributed by atoms with Crippen molar-refractivity contribution in [3.8, 4) is 0 Å². The lowest BCUT2D eigenvalue weighted by atomic mass is 10.1. The highest BCUT2D eigenvalue weighted by atomic mass is 16.3. The quantitative estimate of drug-likeness (QED) is 0.393. The van der Waals surface area contributed by atoms with Gasteiger partial charge in [-0.1, -0.05) is 0 Å². The van der Waals surface area contributed by atoms with Crippen molar-refractivity contribution in [2.75, 3.05) is 6.54 Å². The monoisotopic (exact) mass is 232 g/mol. The van der Waals surface area contributed by atoms with E-state index in [1.807, 2.05) is 13.8 Å². The highest BCUT2D eigenvalue weighted by Crippen LogP contribution is 2.02. The minimum absolute atomic E-state index is 0.0290. The van der Waals surface area contributed by atoms with E-state index in [0.717, 1.165) is 0 Å². The van der Waals surface area contributed by atoms with Gasteiger partial charge in [0, 0.05) is 19.0 Å². The van der Waals surface area contributed by atoms with Gasteiger partial charge in [-0.3, -0.25) is 9.59 Å². The molecule has 0 saturated carbocycles. The predicted octanol–water partition coefficient (Wildman–Crippen LogP) is -1.24. The standard InChI is InChI=1S/C10H20N2O4/c1-7(2)12-10(16)4-8(14)3-9(15)5-11-6-13/h6-9,14-15H,3-5H2,1-2H3,(H,11,13)(H,12,16). The van der Waals surface area contributed by atoms with Gasteiger partial charge >= 0.3 is 0 Å². The molecule has 4 N–H and O–H groups in total. The Morgan fingerprint density at radius 3 is 2.44 bits per heavy atom. The lowest BCUT2D eigenvalue weighted by Crippen LogP contribution is -2.35. The van der Waals surface area contributed by atoms with E-state index in [4.69, 9.17) is 0 Å². The van der Waals surface area contributed by atoms with Crippen molar-refractivity contribution in [3.05, 3.63) is 0 Å². The van der Waals surface area contributed by atoms with Crippen molar-refractivity contribution in [2.45, 2.75) is 44.9 Å². The highest BCUT2D eigenvalue weighted by Gasteiger charge is 2.15. The van der Waals surface area contributed by atoms with Gasteiger partial charge in [0.1, 0.15) is 0 Å². The van der Waals surface area contributed by atoms with Crippen LogP contribution in [-0.2, 0) is 9.59 Å². The maximum atomic E-state index is 11.2. The molecule has 0 aliphatic carbocycles. The first-order chi connectivity index (χ1) is 7.45. The molecular weight excluding hydrogens is 212 g/mol. The fraction of sp³-hybridized carbons (Fsp3) is 0.800. The molecule has 0 radical (unpaired) electrons. The number of hydrogen-bond acceptors (Lipinski definition) is 4. The summed E-state index contributed by atoms with van der Waals surface area (Å²) in [6, 6.07) is 0.0290. The first kappa shape index (κ1) is 14.9. The van der Waals surface area contributed by atoms with Crippen molar-refractivity contribution in [2.24, 2.45) is 0 Å². The summed E-state index contributed by atoms with van der Waals surface area (Å²) >= 11 is 0. The molecule has 0 aliphatic rings. The highest BCUT2D eigenvalue weighted by molar-refractivity contribution is 5.76. The molecule has 0 bridgehead atoms. The summed E-state index contributed by atoms with van der Waals surface area (Å²) in [7, 11) is 0. The third-order valence-corrected chi connectivity index (χ3v) is 1.85. The number of carbonyl (C=O) groups excluding carboxylic acids is 2. The topological polar surface area (TPSA) is 98.7 Å². The maximum Gasteiger partial charge on any atom is 0.222 e. The molecule has 0 aromatic carbocycles. The summed E-state index contributed by atoms with van der Waals surface area (Å²) in [5, 5.41) is 23.7. The van der Waals surface area contributed by atoms with Crippen LogP contribution in [0.2, 0.25) is 0 Å². The number of aliphatic hydroxyl groups is 2. The molecule has 0 saturated heterocycles. The van der Waals surface area contributed by atoms with E-state index in [-0.39, 0.29) is 31.3 Å². The number of aliphatic hydroxyl groups excluding tert-OH is 2. The average Bonchev–Trinajstić information content (AvgIpc) is 2.12. The van der Waals surface area contributed by atoms with Crippen LogP contribution in [0.4, 0.5) is 0 Å². The summed E-state index contributed by atoms with van der Waals surface area (Å²) in [6.45, 7) is 3.73. The Morgan fingerprint density at radius 2 is 1.94 bits per heavy atom. The Labute approximate surface area is 95.0 Å². The molecule has 2 amide bonds. The van der Waals surface area contributed by atoms with Crippen molar-refractivity contribution < 1.29 is 19.8 Å². The SMILES string of the molecule is CC(C)NC(=O)CC(O)CC(O)CNC=O. The summed E-state index contributed by atoms with van der Waals surface area (Å²) < 4.78 is 0. The second kappa shape index (κ2) is 8.06. The molecule has 0 aromatic heterocycles. The van der Waals surface area contributed by atoms with Crippen molar-refractivity contribution in [1.29, 1.82) is 0 Å². The minimum atomic E-state index is -0.901. The second-order valence-electron chi connectivity index (χ2n) is 4.00. The number of amides is 2. The van der Waals surface area contributed by atoms with Crippen LogP contribution in [0.15, 0.2) is 0 Å². The van der Waals surface area contributed by atoms with Gasteiger partial charge in [-0.25, -0.2) is 0 Å². The second-order valence-corrected chi connectivity index (χ2v) is 4.00. The van der Waals surface area contributed by atoms with Crippen LogP contribution in [0.3, 0.4) is 0 Å². The Hall–Kier alpha value is -1.14. The summed E-state index contributed by atoms with van der Waals surface area (Å²) in [5.74, 6) is -0.252. The van der Waals surface area contributed by atoms with E-state index in [1.165, 1.54) is 0 Å². The van der Waals surface area contributed by atoms with Gasteiger partial charge in [0.15, 0.2) is 0 Å². The minimum Gasteiger partial charge on any atom is -0.392 e. The Balaban J connectivity index is 3.75. The van der Waals surface area contributed by atoms with Gasteiger partial charge in [0.05, 0.1) is 18.6 Å². The van der Waals surface area contributed by atoms with Crippen LogP contribution in [0.5, 0.6) is 0 Å². The van der Waals surface area contributed by atoms with Gasteiger partial charge < -0.3 is 20.8 Å². The van der Waals surface area contributed by atoms with Crippen LogP contribution < -0.4 is 10.6 Å². The van der Waals surface area contributed by atoms with E-state index in [0.29, 0.717) is 6.41 Å². The van der Waals surface area contributed by atoms with E-state index in [9.17, 15) is 19.8 Å². The molecule has 6 heteroatoms. The molecule has 2 unspecified atom stereocenters. The van der Waals surface area contributed by atoms with Crippen LogP contribution in [-0.4, -0.2) is 47.3 Å². The van der Waals surface area contributed by atoms with Crippen LogP contribution in [0, 0.1) is 0 Å². The van der Waals surface area contributed by atoms with E-state index >= 15 is 0 Å². The molecule has 0 aliphatic heterocycles. The van der Waals surface area contributed by atoms with Gasteiger partial charge in [0.2, 0.25) is 12.3 Å². The van der Waals surface area contributed by atoms with Gasteiger partial charge in [-0.05, 0) is 13.8 Å². The Bertz CT molecular complexity index is 221. The molecule has 0 aromatic rings. The first-order valence-electron chi connectivity index (χ1n) is 5.28. The van der Waals surface area contributed by atoms with Crippen molar-refractivity contribution in [1.82, 2.24) is 10.6 Å². The molecule has 94 valence electrons. The van der Waals surface area contributed by atoms with Gasteiger partial charge in [-0.2, -0.15) is 0 Å². The summed E-state index contributed by atoms with van der Waals surface area (Å²) in [5.41, 5.74) is 0. The lowest BCUT2D eigenvalue weighted by molar-refractivity contribution is -0.124. The zero-order chi connectivity index (χ0) is 12.6. The molecule has 0 spiro atoms. The third kappa shape index (κ3) is 8.19. The zero-order valence-electron chi connectivity index (χ0n) is 9.64. The first-order valence-corrected chi connectivity index (χ1v) is 5.28. The van der Waals surface area contributed by atoms with Crippen molar-refractivity contribution >= 4 is 12.3 Å². The fourth-order valence-corrected chi connectivity index (χ4v) is 1.26. The number of rotatable bonds is 8. The lowest BCUT2D eigenvalue weighted by Gasteiger charge is -2.15.